The molecule has 0 aliphatic carbocycles. The van der Waals surface area contributed by atoms with Crippen molar-refractivity contribution in [1.29, 1.82) is 0 Å². The predicted octanol–water partition coefficient (Wildman–Crippen LogP) is 5.01. The highest BCUT2D eigenvalue weighted by atomic mass is 19.1. The molecule has 26 heavy (non-hydrogen) atoms. The summed E-state index contributed by atoms with van der Waals surface area (Å²) in [7, 11) is 1.48. The zero-order chi connectivity index (χ0) is 19.2. The lowest BCUT2D eigenvalue weighted by molar-refractivity contribution is 0.0962. The summed E-state index contributed by atoms with van der Waals surface area (Å²) in [4.78, 5) is 15.4. The van der Waals surface area contributed by atoms with Gasteiger partial charge in [0.2, 0.25) is 0 Å². The van der Waals surface area contributed by atoms with Crippen molar-refractivity contribution in [2.45, 2.75) is 38.5 Å². The molecule has 2 aromatic rings. The molecule has 0 radical (unpaired) electrons. The summed E-state index contributed by atoms with van der Waals surface area (Å²) in [5.41, 5.74) is 1.41. The Hall–Kier alpha value is -2.69. The van der Waals surface area contributed by atoms with Gasteiger partial charge in [0, 0.05) is 13.2 Å². The third-order valence-electron chi connectivity index (χ3n) is 4.87. The minimum Gasteiger partial charge on any atom is -0.436 e. The molecule has 0 fully saturated rings. The van der Waals surface area contributed by atoms with E-state index in [1.165, 1.54) is 18.8 Å². The molecule has 1 aromatic heterocycles. The van der Waals surface area contributed by atoms with E-state index in [4.69, 9.17) is 4.74 Å². The summed E-state index contributed by atoms with van der Waals surface area (Å²) in [6.07, 6.45) is 6.15. The average Bonchev–Trinajstić information content (AvgIpc) is 2.67. The quantitative estimate of drug-likeness (QED) is 0.677. The number of pyridine rings is 1. The van der Waals surface area contributed by atoms with E-state index < -0.39 is 11.7 Å². The minimum absolute atomic E-state index is 0.0545. The average molecular weight is 356 g/mol. The molecular formula is C21H25FN2O2. The van der Waals surface area contributed by atoms with Gasteiger partial charge in [-0.15, -0.1) is 6.58 Å². The van der Waals surface area contributed by atoms with Crippen molar-refractivity contribution in [2.24, 2.45) is 0 Å². The van der Waals surface area contributed by atoms with Crippen molar-refractivity contribution in [3.63, 3.8) is 0 Å². The summed E-state index contributed by atoms with van der Waals surface area (Å²) >= 11 is 0. The first-order valence-electron chi connectivity index (χ1n) is 8.76. The van der Waals surface area contributed by atoms with Crippen molar-refractivity contribution in [1.82, 2.24) is 10.3 Å². The first-order chi connectivity index (χ1) is 12.5. The van der Waals surface area contributed by atoms with Gasteiger partial charge < -0.3 is 10.1 Å². The summed E-state index contributed by atoms with van der Waals surface area (Å²) in [6, 6.07) is 8.74. The highest BCUT2D eigenvalue weighted by Crippen LogP contribution is 2.36. The van der Waals surface area contributed by atoms with Crippen LogP contribution in [0.15, 0.2) is 49.2 Å². The molecule has 0 spiro atoms. The summed E-state index contributed by atoms with van der Waals surface area (Å²) < 4.78 is 19.7. The number of aromatic nitrogens is 1. The van der Waals surface area contributed by atoms with Gasteiger partial charge in [0.25, 0.3) is 11.8 Å². The molecule has 0 unspecified atom stereocenters. The molecule has 4 nitrogen and oxygen atoms in total. The lowest BCUT2D eigenvalue weighted by atomic mass is 9.73. The molecular weight excluding hydrogens is 331 g/mol. The molecule has 0 saturated heterocycles. The summed E-state index contributed by atoms with van der Waals surface area (Å²) in [5, 5.41) is 2.43. The standard InChI is InChI=1S/C21H25FN2O2/c1-5-12-21(6-2,7-3)16-8-10-17(11-9-16)26-20-18(22)13-15(14-24-20)19(25)23-4/h5,8-11,13-14H,1,6-7,12H2,2-4H3,(H,23,25). The van der Waals surface area contributed by atoms with Crippen molar-refractivity contribution in [2.75, 3.05) is 7.05 Å². The first kappa shape index (κ1) is 19.6. The van der Waals surface area contributed by atoms with E-state index in [0.29, 0.717) is 5.75 Å². The van der Waals surface area contributed by atoms with Crippen LogP contribution in [0.3, 0.4) is 0 Å². The first-order valence-corrected chi connectivity index (χ1v) is 8.76. The fourth-order valence-corrected chi connectivity index (χ4v) is 3.10. The monoisotopic (exact) mass is 356 g/mol. The second-order valence-corrected chi connectivity index (χ2v) is 6.20. The van der Waals surface area contributed by atoms with Crippen molar-refractivity contribution in [3.8, 4) is 11.6 Å². The van der Waals surface area contributed by atoms with Crippen molar-refractivity contribution in [3.05, 3.63) is 66.1 Å². The zero-order valence-corrected chi connectivity index (χ0v) is 15.5. The molecule has 0 saturated carbocycles. The van der Waals surface area contributed by atoms with Crippen LogP contribution in [0.4, 0.5) is 4.39 Å². The fraction of sp³-hybridized carbons (Fsp3) is 0.333. The third kappa shape index (κ3) is 4.10. The van der Waals surface area contributed by atoms with Gasteiger partial charge in [0.1, 0.15) is 5.75 Å². The molecule has 138 valence electrons. The van der Waals surface area contributed by atoms with Crippen LogP contribution >= 0.6 is 0 Å². The van der Waals surface area contributed by atoms with E-state index in [1.807, 2.05) is 30.3 Å². The predicted molar refractivity (Wildman–Crippen MR) is 101 cm³/mol. The molecule has 1 heterocycles. The Bertz CT molecular complexity index is 768. The van der Waals surface area contributed by atoms with Crippen LogP contribution in [0.1, 0.15) is 49.0 Å². The highest BCUT2D eigenvalue weighted by Gasteiger charge is 2.26. The number of carbonyl (C=O) groups excluding carboxylic acids is 1. The normalized spacial score (nSPS) is 11.1. The maximum absolute atomic E-state index is 14.1. The molecule has 0 atom stereocenters. The lowest BCUT2D eigenvalue weighted by Crippen LogP contribution is -2.23. The molecule has 1 amide bonds. The number of carbonyl (C=O) groups is 1. The Morgan fingerprint density at radius 3 is 2.46 bits per heavy atom. The van der Waals surface area contributed by atoms with Crippen molar-refractivity contribution >= 4 is 5.91 Å². The van der Waals surface area contributed by atoms with Crippen molar-refractivity contribution < 1.29 is 13.9 Å². The van der Waals surface area contributed by atoms with E-state index in [-0.39, 0.29) is 16.9 Å². The topological polar surface area (TPSA) is 51.2 Å². The zero-order valence-electron chi connectivity index (χ0n) is 15.5. The number of rotatable bonds is 8. The van der Waals surface area contributed by atoms with Gasteiger partial charge in [-0.3, -0.25) is 4.79 Å². The Kier molecular flexibility index (Phi) is 6.50. The number of hydrogen-bond acceptors (Lipinski definition) is 3. The molecule has 5 heteroatoms. The number of allylic oxidation sites excluding steroid dienone is 1. The van der Waals surface area contributed by atoms with Gasteiger partial charge in [-0.05, 0) is 48.4 Å². The number of hydrogen-bond donors (Lipinski definition) is 1. The van der Waals surface area contributed by atoms with E-state index in [9.17, 15) is 9.18 Å². The van der Waals surface area contributed by atoms with Gasteiger partial charge in [0.15, 0.2) is 5.82 Å². The number of ether oxygens (including phenoxy) is 1. The summed E-state index contributed by atoms with van der Waals surface area (Å²) in [5.74, 6) is -0.746. The minimum atomic E-state index is -0.682. The maximum atomic E-state index is 14.1. The Balaban J connectivity index is 2.21. The van der Waals surface area contributed by atoms with Gasteiger partial charge in [-0.2, -0.15) is 0 Å². The summed E-state index contributed by atoms with van der Waals surface area (Å²) in [6.45, 7) is 8.22. The number of amides is 1. The van der Waals surface area contributed by atoms with E-state index in [2.05, 4.69) is 30.7 Å². The molecule has 0 bridgehead atoms. The van der Waals surface area contributed by atoms with E-state index in [0.717, 1.165) is 25.3 Å². The molecule has 2 rings (SSSR count). The van der Waals surface area contributed by atoms with Crippen LogP contribution < -0.4 is 10.1 Å². The number of benzene rings is 1. The lowest BCUT2D eigenvalue weighted by Gasteiger charge is -2.31. The van der Waals surface area contributed by atoms with E-state index >= 15 is 0 Å². The SMILES string of the molecule is C=CCC(CC)(CC)c1ccc(Oc2ncc(C(=O)NC)cc2F)cc1. The molecule has 1 aromatic carbocycles. The van der Waals surface area contributed by atoms with Gasteiger partial charge in [-0.25, -0.2) is 9.37 Å². The van der Waals surface area contributed by atoms with Crippen LogP contribution in [-0.2, 0) is 5.41 Å². The number of nitrogens with one attached hydrogen (secondary N) is 1. The largest absolute Gasteiger partial charge is 0.436 e. The second-order valence-electron chi connectivity index (χ2n) is 6.20. The maximum Gasteiger partial charge on any atom is 0.255 e. The van der Waals surface area contributed by atoms with Crippen LogP contribution in [0.25, 0.3) is 0 Å². The molecule has 0 aliphatic heterocycles. The van der Waals surface area contributed by atoms with Gasteiger partial charge in [-0.1, -0.05) is 32.1 Å². The van der Waals surface area contributed by atoms with Crippen LogP contribution in [0.5, 0.6) is 11.6 Å². The highest BCUT2D eigenvalue weighted by molar-refractivity contribution is 5.93. The van der Waals surface area contributed by atoms with Crippen LogP contribution in [-0.4, -0.2) is 17.9 Å². The van der Waals surface area contributed by atoms with E-state index in [1.54, 1.807) is 0 Å². The van der Waals surface area contributed by atoms with Crippen LogP contribution in [0, 0.1) is 5.82 Å². The number of nitrogens with zero attached hydrogens (tertiary/aromatic N) is 1. The Morgan fingerprint density at radius 2 is 1.96 bits per heavy atom. The van der Waals surface area contributed by atoms with Gasteiger partial charge in [0.05, 0.1) is 5.56 Å². The molecule has 0 aliphatic rings. The second kappa shape index (κ2) is 8.61. The van der Waals surface area contributed by atoms with Gasteiger partial charge >= 0.3 is 0 Å². The smallest absolute Gasteiger partial charge is 0.255 e. The van der Waals surface area contributed by atoms with Crippen LogP contribution in [0.2, 0.25) is 0 Å². The fourth-order valence-electron chi connectivity index (χ4n) is 3.10. The third-order valence-corrected chi connectivity index (χ3v) is 4.87. The number of halogens is 1. The Morgan fingerprint density at radius 1 is 1.31 bits per heavy atom. The Labute approximate surface area is 154 Å². The molecule has 1 N–H and O–H groups in total.